The third-order valence-electron chi connectivity index (χ3n) is 3.89. The Morgan fingerprint density at radius 3 is 2.26 bits per heavy atom. The number of ether oxygens (including phenoxy) is 2. The van der Waals surface area contributed by atoms with Gasteiger partial charge in [0.25, 0.3) is 5.69 Å². The smallest absolute Gasteiger partial charge is 0.325 e. The highest BCUT2D eigenvalue weighted by Gasteiger charge is 2.49. The molecule has 0 unspecified atom stereocenters. The molecule has 1 heterocycles. The first-order valence-corrected chi connectivity index (χ1v) is 6.78. The fourth-order valence-electron chi connectivity index (χ4n) is 2.75. The number of hydroxylamine groups is 2. The van der Waals surface area contributed by atoms with Crippen LogP contribution in [0, 0.1) is 16.0 Å². The summed E-state index contributed by atoms with van der Waals surface area (Å²) in [6.45, 7) is 0. The zero-order chi connectivity index (χ0) is 17.1. The number of nitro benzene ring substituents is 1. The van der Waals surface area contributed by atoms with Crippen LogP contribution in [-0.4, -0.2) is 47.4 Å². The molecule has 9 heteroatoms. The predicted octanol–water partition coefficient (Wildman–Crippen LogP) is 1.06. The average Bonchev–Trinajstić information content (AvgIpc) is 2.90. The van der Waals surface area contributed by atoms with Crippen LogP contribution in [-0.2, 0) is 19.1 Å². The summed E-state index contributed by atoms with van der Waals surface area (Å²) >= 11 is 0. The number of non-ortho nitro benzene ring substituents is 1. The monoisotopic (exact) mass is 324 g/mol. The molecule has 2 rings (SSSR count). The van der Waals surface area contributed by atoms with E-state index in [9.17, 15) is 24.9 Å². The van der Waals surface area contributed by atoms with Gasteiger partial charge in [0.2, 0.25) is 0 Å². The molecule has 23 heavy (non-hydrogen) atoms. The van der Waals surface area contributed by atoms with Crippen molar-refractivity contribution in [2.24, 2.45) is 5.92 Å². The number of esters is 2. The SMILES string of the molecule is COC(=O)[C@@H]1C[C@@H](C(=O)OC)N(O)[C@H]1c1ccc([N+](=O)[O-])cc1. The molecule has 0 amide bonds. The molecule has 0 aliphatic carbocycles. The maximum absolute atomic E-state index is 12.0. The van der Waals surface area contributed by atoms with E-state index < -0.39 is 34.9 Å². The number of nitro groups is 1. The summed E-state index contributed by atoms with van der Waals surface area (Å²) in [5.41, 5.74) is 0.343. The highest BCUT2D eigenvalue weighted by molar-refractivity contribution is 5.80. The molecule has 124 valence electrons. The molecule has 0 radical (unpaired) electrons. The van der Waals surface area contributed by atoms with Gasteiger partial charge in [0.05, 0.1) is 31.1 Å². The van der Waals surface area contributed by atoms with Crippen molar-refractivity contribution in [2.45, 2.75) is 18.5 Å². The normalized spacial score (nSPS) is 24.2. The zero-order valence-corrected chi connectivity index (χ0v) is 12.5. The van der Waals surface area contributed by atoms with Crippen molar-refractivity contribution in [1.29, 1.82) is 0 Å². The van der Waals surface area contributed by atoms with Gasteiger partial charge in [-0.2, -0.15) is 5.06 Å². The van der Waals surface area contributed by atoms with Gasteiger partial charge in [-0.1, -0.05) is 12.1 Å². The van der Waals surface area contributed by atoms with Crippen LogP contribution < -0.4 is 0 Å². The lowest BCUT2D eigenvalue weighted by Crippen LogP contribution is -2.36. The third-order valence-corrected chi connectivity index (χ3v) is 3.89. The van der Waals surface area contributed by atoms with Crippen molar-refractivity contribution in [3.8, 4) is 0 Å². The minimum atomic E-state index is -1.01. The Morgan fingerprint density at radius 1 is 1.22 bits per heavy atom. The molecule has 3 atom stereocenters. The quantitative estimate of drug-likeness (QED) is 0.496. The topological polar surface area (TPSA) is 119 Å². The maximum atomic E-state index is 12.0. The Kier molecular flexibility index (Phi) is 4.92. The first kappa shape index (κ1) is 16.8. The van der Waals surface area contributed by atoms with Gasteiger partial charge in [0.15, 0.2) is 0 Å². The Labute approximate surface area is 131 Å². The molecule has 0 spiro atoms. The summed E-state index contributed by atoms with van der Waals surface area (Å²) in [5, 5.41) is 21.7. The molecule has 9 nitrogen and oxygen atoms in total. The average molecular weight is 324 g/mol. The van der Waals surface area contributed by atoms with Gasteiger partial charge in [-0.15, -0.1) is 0 Å². The van der Waals surface area contributed by atoms with Gasteiger partial charge < -0.3 is 14.7 Å². The number of hydrogen-bond donors (Lipinski definition) is 1. The second-order valence-corrected chi connectivity index (χ2v) is 5.08. The minimum absolute atomic E-state index is 0.0253. The number of nitrogens with zero attached hydrogens (tertiary/aromatic N) is 2. The largest absolute Gasteiger partial charge is 0.469 e. The molecule has 1 aliphatic rings. The van der Waals surface area contributed by atoms with E-state index in [-0.39, 0.29) is 12.1 Å². The summed E-state index contributed by atoms with van der Waals surface area (Å²) in [7, 11) is 2.39. The van der Waals surface area contributed by atoms with Gasteiger partial charge in [-0.05, 0) is 12.0 Å². The standard InChI is InChI=1S/C14H16N2O7/c1-22-13(17)10-7-11(14(18)23-2)15(19)12(10)8-3-5-9(6-4-8)16(20)21/h3-6,10-12,19H,7H2,1-2H3/t10-,11+,12+/m1/s1. The number of hydrogen-bond acceptors (Lipinski definition) is 8. The molecule has 1 aromatic rings. The summed E-state index contributed by atoms with van der Waals surface area (Å²) in [5.74, 6) is -2.06. The molecule has 0 saturated carbocycles. The van der Waals surface area contributed by atoms with Gasteiger partial charge in [0.1, 0.15) is 6.04 Å². The number of methoxy groups -OCH3 is 2. The summed E-state index contributed by atoms with van der Waals surface area (Å²) in [4.78, 5) is 33.8. The van der Waals surface area contributed by atoms with Crippen molar-refractivity contribution in [2.75, 3.05) is 14.2 Å². The summed E-state index contributed by atoms with van der Waals surface area (Å²) in [6.07, 6.45) is 0.0253. The minimum Gasteiger partial charge on any atom is -0.469 e. The van der Waals surface area contributed by atoms with Gasteiger partial charge >= 0.3 is 11.9 Å². The van der Waals surface area contributed by atoms with Crippen molar-refractivity contribution in [3.05, 3.63) is 39.9 Å². The van der Waals surface area contributed by atoms with E-state index in [1.165, 1.54) is 38.5 Å². The first-order valence-electron chi connectivity index (χ1n) is 6.78. The fourth-order valence-corrected chi connectivity index (χ4v) is 2.75. The Balaban J connectivity index is 2.36. The van der Waals surface area contributed by atoms with Crippen molar-refractivity contribution >= 4 is 17.6 Å². The van der Waals surface area contributed by atoms with E-state index >= 15 is 0 Å². The lowest BCUT2D eigenvalue weighted by molar-refractivity contribution is -0.384. The number of carbonyl (C=O) groups excluding carboxylic acids is 2. The lowest BCUT2D eigenvalue weighted by Gasteiger charge is -2.24. The molecular formula is C14H16N2O7. The molecule has 1 saturated heterocycles. The van der Waals surface area contributed by atoms with Crippen LogP contribution in [0.1, 0.15) is 18.0 Å². The first-order chi connectivity index (χ1) is 10.9. The van der Waals surface area contributed by atoms with Crippen LogP contribution in [0.4, 0.5) is 5.69 Å². The van der Waals surface area contributed by atoms with Crippen LogP contribution in [0.3, 0.4) is 0 Å². The van der Waals surface area contributed by atoms with Crippen LogP contribution in [0.15, 0.2) is 24.3 Å². The van der Waals surface area contributed by atoms with E-state index in [2.05, 4.69) is 4.74 Å². The highest BCUT2D eigenvalue weighted by Crippen LogP contribution is 2.41. The molecule has 0 bridgehead atoms. The van der Waals surface area contributed by atoms with E-state index in [0.29, 0.717) is 5.56 Å². The second-order valence-electron chi connectivity index (χ2n) is 5.08. The maximum Gasteiger partial charge on any atom is 0.325 e. The zero-order valence-electron chi connectivity index (χ0n) is 12.5. The molecule has 1 N–H and O–H groups in total. The van der Waals surface area contributed by atoms with Crippen LogP contribution in [0.25, 0.3) is 0 Å². The Hall–Kier alpha value is -2.52. The molecule has 1 aliphatic heterocycles. The number of carbonyl (C=O) groups is 2. The van der Waals surface area contributed by atoms with Crippen LogP contribution >= 0.6 is 0 Å². The fraction of sp³-hybridized carbons (Fsp3) is 0.429. The molecule has 1 aromatic carbocycles. The van der Waals surface area contributed by atoms with Crippen LogP contribution in [0.5, 0.6) is 0 Å². The molecule has 0 aromatic heterocycles. The Bertz CT molecular complexity index is 616. The highest BCUT2D eigenvalue weighted by atomic mass is 16.6. The molecule has 1 fully saturated rings. The number of rotatable bonds is 4. The lowest BCUT2D eigenvalue weighted by atomic mass is 9.93. The van der Waals surface area contributed by atoms with Crippen molar-refractivity contribution in [3.63, 3.8) is 0 Å². The predicted molar refractivity (Wildman–Crippen MR) is 75.4 cm³/mol. The van der Waals surface area contributed by atoms with Crippen LogP contribution in [0.2, 0.25) is 0 Å². The van der Waals surface area contributed by atoms with E-state index in [0.717, 1.165) is 5.06 Å². The van der Waals surface area contributed by atoms with Crippen molar-refractivity contribution in [1.82, 2.24) is 5.06 Å². The Morgan fingerprint density at radius 2 is 1.78 bits per heavy atom. The third kappa shape index (κ3) is 3.15. The summed E-state index contributed by atoms with van der Waals surface area (Å²) < 4.78 is 9.34. The van der Waals surface area contributed by atoms with Crippen molar-refractivity contribution < 1.29 is 29.2 Å². The van der Waals surface area contributed by atoms with Gasteiger partial charge in [-0.25, -0.2) is 0 Å². The van der Waals surface area contributed by atoms with Gasteiger partial charge in [0, 0.05) is 12.1 Å². The van der Waals surface area contributed by atoms with E-state index in [1.54, 1.807) is 0 Å². The second kappa shape index (κ2) is 6.71. The van der Waals surface area contributed by atoms with E-state index in [1.807, 2.05) is 0 Å². The van der Waals surface area contributed by atoms with Gasteiger partial charge in [-0.3, -0.25) is 19.7 Å². The number of benzene rings is 1. The molecular weight excluding hydrogens is 308 g/mol. The summed E-state index contributed by atoms with van der Waals surface area (Å²) in [6, 6.07) is 3.53. The van der Waals surface area contributed by atoms with E-state index in [4.69, 9.17) is 4.74 Å².